The Labute approximate surface area is 138 Å². The molecule has 2 aromatic rings. The van der Waals surface area contributed by atoms with Crippen molar-refractivity contribution >= 4 is 0 Å². The van der Waals surface area contributed by atoms with Crippen LogP contribution in [-0.2, 0) is 12.7 Å². The summed E-state index contributed by atoms with van der Waals surface area (Å²) in [6, 6.07) is 5.54. The molecule has 5 nitrogen and oxygen atoms in total. The average molecular weight is 339 g/mol. The second-order valence-corrected chi connectivity index (χ2v) is 6.26. The molecule has 8 heteroatoms. The van der Waals surface area contributed by atoms with E-state index in [1.807, 2.05) is 7.05 Å². The van der Waals surface area contributed by atoms with E-state index in [0.29, 0.717) is 24.1 Å². The van der Waals surface area contributed by atoms with E-state index in [9.17, 15) is 13.2 Å². The van der Waals surface area contributed by atoms with Crippen LogP contribution in [0.15, 0.2) is 24.3 Å². The quantitative estimate of drug-likeness (QED) is 0.856. The first-order chi connectivity index (χ1) is 11.4. The Morgan fingerprint density at radius 3 is 2.67 bits per heavy atom. The third-order valence-corrected chi connectivity index (χ3v) is 4.54. The maximum absolute atomic E-state index is 12.9. The molecular formula is C16H20F3N5. The van der Waals surface area contributed by atoms with Crippen molar-refractivity contribution in [3.8, 4) is 5.69 Å². The van der Waals surface area contributed by atoms with Crippen LogP contribution in [0.1, 0.15) is 43.5 Å². The molecule has 24 heavy (non-hydrogen) atoms. The van der Waals surface area contributed by atoms with Gasteiger partial charge in [0.15, 0.2) is 5.82 Å². The molecule has 0 bridgehead atoms. The Balaban J connectivity index is 1.80. The molecule has 1 aliphatic carbocycles. The highest BCUT2D eigenvalue weighted by Gasteiger charge is 2.31. The summed E-state index contributed by atoms with van der Waals surface area (Å²) in [6.07, 6.45) is 1.60. The fourth-order valence-corrected chi connectivity index (χ4v) is 3.19. The number of rotatable bonds is 4. The lowest BCUT2D eigenvalue weighted by atomic mass is 9.94. The van der Waals surface area contributed by atoms with E-state index in [-0.39, 0.29) is 0 Å². The number of benzene rings is 1. The molecule has 1 heterocycles. The van der Waals surface area contributed by atoms with Crippen molar-refractivity contribution in [3.05, 3.63) is 35.7 Å². The summed E-state index contributed by atoms with van der Waals surface area (Å²) in [5.41, 5.74) is -0.385. The van der Waals surface area contributed by atoms with Crippen LogP contribution in [0.5, 0.6) is 0 Å². The topological polar surface area (TPSA) is 46.8 Å². The number of alkyl halides is 3. The number of tetrazole rings is 1. The Morgan fingerprint density at radius 2 is 1.96 bits per heavy atom. The summed E-state index contributed by atoms with van der Waals surface area (Å²) in [7, 11) is 2.02. The van der Waals surface area contributed by atoms with Crippen LogP contribution in [0.4, 0.5) is 13.2 Å². The summed E-state index contributed by atoms with van der Waals surface area (Å²) in [6.45, 7) is 0.508. The summed E-state index contributed by atoms with van der Waals surface area (Å²) < 4.78 is 40.1. The zero-order valence-electron chi connectivity index (χ0n) is 13.5. The van der Waals surface area contributed by atoms with Gasteiger partial charge in [-0.2, -0.15) is 17.9 Å². The Kier molecular flexibility index (Phi) is 4.84. The second kappa shape index (κ2) is 6.88. The first kappa shape index (κ1) is 16.9. The van der Waals surface area contributed by atoms with Crippen molar-refractivity contribution in [1.29, 1.82) is 0 Å². The van der Waals surface area contributed by atoms with Crippen LogP contribution in [0.3, 0.4) is 0 Å². The van der Waals surface area contributed by atoms with Crippen molar-refractivity contribution in [2.75, 3.05) is 7.05 Å². The lowest BCUT2D eigenvalue weighted by molar-refractivity contribution is -0.137. The third-order valence-electron chi connectivity index (χ3n) is 4.54. The minimum atomic E-state index is -4.39. The molecule has 1 aromatic carbocycles. The fraction of sp³-hybridized carbons (Fsp3) is 0.562. The minimum Gasteiger partial charge on any atom is -0.296 e. The molecule has 0 aliphatic heterocycles. The predicted molar refractivity (Wildman–Crippen MR) is 82.5 cm³/mol. The fourth-order valence-electron chi connectivity index (χ4n) is 3.19. The standard InChI is InChI=1S/C16H20F3N5/c1-23(13-7-3-2-4-8-13)11-15-20-21-22-24(15)14-9-5-6-12(10-14)16(17,18)19/h5-6,9-10,13H,2-4,7-8,11H2,1H3. The molecule has 0 radical (unpaired) electrons. The van der Waals surface area contributed by atoms with E-state index in [1.54, 1.807) is 6.07 Å². The lowest BCUT2D eigenvalue weighted by Crippen LogP contribution is -2.33. The molecule has 0 amide bonds. The van der Waals surface area contributed by atoms with Gasteiger partial charge in [0.25, 0.3) is 0 Å². The van der Waals surface area contributed by atoms with Crippen molar-refractivity contribution in [2.24, 2.45) is 0 Å². The Bertz CT molecular complexity index is 676. The number of hydrogen-bond acceptors (Lipinski definition) is 4. The average Bonchev–Trinajstić information content (AvgIpc) is 3.03. The Hall–Kier alpha value is -1.96. The lowest BCUT2D eigenvalue weighted by Gasteiger charge is -2.30. The van der Waals surface area contributed by atoms with Gasteiger partial charge in [0.2, 0.25) is 0 Å². The monoisotopic (exact) mass is 339 g/mol. The maximum atomic E-state index is 12.9. The molecular weight excluding hydrogens is 319 g/mol. The highest BCUT2D eigenvalue weighted by atomic mass is 19.4. The molecule has 0 atom stereocenters. The molecule has 0 unspecified atom stereocenters. The first-order valence-electron chi connectivity index (χ1n) is 8.10. The van der Waals surface area contributed by atoms with Crippen molar-refractivity contribution in [1.82, 2.24) is 25.1 Å². The largest absolute Gasteiger partial charge is 0.416 e. The van der Waals surface area contributed by atoms with E-state index >= 15 is 0 Å². The van der Waals surface area contributed by atoms with E-state index in [0.717, 1.165) is 25.0 Å². The molecule has 130 valence electrons. The van der Waals surface area contributed by atoms with Crippen LogP contribution in [0, 0.1) is 0 Å². The second-order valence-electron chi connectivity index (χ2n) is 6.26. The van der Waals surface area contributed by atoms with Crippen LogP contribution in [-0.4, -0.2) is 38.2 Å². The van der Waals surface area contributed by atoms with E-state index < -0.39 is 11.7 Å². The SMILES string of the molecule is CN(Cc1nnnn1-c1cccc(C(F)(F)F)c1)C1CCCCC1. The number of aromatic nitrogens is 4. The van der Waals surface area contributed by atoms with Gasteiger partial charge in [-0.3, -0.25) is 4.90 Å². The van der Waals surface area contributed by atoms with Gasteiger partial charge < -0.3 is 0 Å². The van der Waals surface area contributed by atoms with Gasteiger partial charge in [-0.1, -0.05) is 25.3 Å². The molecule has 1 aliphatic rings. The van der Waals surface area contributed by atoms with Gasteiger partial charge in [-0.05, 0) is 48.5 Å². The van der Waals surface area contributed by atoms with Crippen LogP contribution in [0.25, 0.3) is 5.69 Å². The predicted octanol–water partition coefficient (Wildman–Crippen LogP) is 3.45. The summed E-state index contributed by atoms with van der Waals surface area (Å²) in [5, 5.41) is 11.5. The smallest absolute Gasteiger partial charge is 0.296 e. The molecule has 1 aromatic heterocycles. The van der Waals surface area contributed by atoms with Gasteiger partial charge >= 0.3 is 6.18 Å². The number of nitrogens with zero attached hydrogens (tertiary/aromatic N) is 5. The highest BCUT2D eigenvalue weighted by molar-refractivity contribution is 5.36. The zero-order valence-corrected chi connectivity index (χ0v) is 13.5. The Morgan fingerprint density at radius 1 is 1.21 bits per heavy atom. The molecule has 3 rings (SSSR count). The van der Waals surface area contributed by atoms with Gasteiger partial charge in [0.05, 0.1) is 17.8 Å². The number of hydrogen-bond donors (Lipinski definition) is 0. The maximum Gasteiger partial charge on any atom is 0.416 e. The summed E-state index contributed by atoms with van der Waals surface area (Å²) in [5.74, 6) is 0.544. The summed E-state index contributed by atoms with van der Waals surface area (Å²) in [4.78, 5) is 2.19. The molecule has 0 spiro atoms. The zero-order chi connectivity index (χ0) is 17.2. The van der Waals surface area contributed by atoms with E-state index in [2.05, 4.69) is 20.4 Å². The van der Waals surface area contributed by atoms with Gasteiger partial charge in [0.1, 0.15) is 0 Å². The number of halogens is 3. The summed E-state index contributed by atoms with van der Waals surface area (Å²) >= 11 is 0. The molecule has 1 saturated carbocycles. The van der Waals surface area contributed by atoms with Gasteiger partial charge in [0, 0.05) is 6.04 Å². The normalized spacial score (nSPS) is 16.7. The van der Waals surface area contributed by atoms with Crippen LogP contribution in [0.2, 0.25) is 0 Å². The van der Waals surface area contributed by atoms with Crippen LogP contribution >= 0.6 is 0 Å². The van der Waals surface area contributed by atoms with Crippen molar-refractivity contribution in [3.63, 3.8) is 0 Å². The third kappa shape index (κ3) is 3.75. The molecule has 1 fully saturated rings. The van der Waals surface area contributed by atoms with Gasteiger partial charge in [-0.25, -0.2) is 0 Å². The van der Waals surface area contributed by atoms with Crippen molar-refractivity contribution < 1.29 is 13.2 Å². The molecule has 0 saturated heterocycles. The van der Waals surface area contributed by atoms with E-state index in [4.69, 9.17) is 0 Å². The molecule has 0 N–H and O–H groups in total. The first-order valence-corrected chi connectivity index (χ1v) is 8.10. The minimum absolute atomic E-state index is 0.321. The van der Waals surface area contributed by atoms with E-state index in [1.165, 1.54) is 30.0 Å². The van der Waals surface area contributed by atoms with Gasteiger partial charge in [-0.15, -0.1) is 5.10 Å². The van der Waals surface area contributed by atoms with Crippen LogP contribution < -0.4 is 0 Å². The van der Waals surface area contributed by atoms with Crippen molar-refractivity contribution in [2.45, 2.75) is 50.9 Å². The highest BCUT2D eigenvalue weighted by Crippen LogP contribution is 2.30.